The number of nitrogens with zero attached hydrogens (tertiary/aromatic N) is 4. The molecule has 0 amide bonds. The van der Waals surface area contributed by atoms with Crippen molar-refractivity contribution in [2.75, 3.05) is 31.1 Å². The van der Waals surface area contributed by atoms with Crippen LogP contribution in [0.5, 0.6) is 0 Å². The number of rotatable bonds is 5. The van der Waals surface area contributed by atoms with Crippen LogP contribution >= 0.6 is 11.6 Å². The van der Waals surface area contributed by atoms with Gasteiger partial charge in [-0.1, -0.05) is 35.9 Å². The molecule has 5 heteroatoms. The van der Waals surface area contributed by atoms with Crippen molar-refractivity contribution in [3.05, 3.63) is 99.6 Å². The predicted molar refractivity (Wildman–Crippen MR) is 129 cm³/mol. The van der Waals surface area contributed by atoms with E-state index in [2.05, 4.69) is 47.1 Å². The van der Waals surface area contributed by atoms with Crippen LogP contribution in [-0.2, 0) is 6.42 Å². The fourth-order valence-electron chi connectivity index (χ4n) is 4.38. The first-order chi connectivity index (χ1) is 15.6. The summed E-state index contributed by atoms with van der Waals surface area (Å²) in [6.07, 6.45) is 0.953. The number of hydrogen-bond donors (Lipinski definition) is 0. The first-order valence-electron chi connectivity index (χ1n) is 10.8. The Morgan fingerprint density at radius 3 is 2.25 bits per heavy atom. The molecule has 1 aliphatic heterocycles. The Balaban J connectivity index is 1.54. The van der Waals surface area contributed by atoms with E-state index in [9.17, 15) is 5.26 Å². The van der Waals surface area contributed by atoms with Crippen molar-refractivity contribution in [2.24, 2.45) is 0 Å². The first-order valence-corrected chi connectivity index (χ1v) is 11.2. The van der Waals surface area contributed by atoms with E-state index < -0.39 is 0 Å². The fraction of sp³-hybridized carbons (Fsp3) is 0.259. The zero-order valence-electron chi connectivity index (χ0n) is 18.1. The van der Waals surface area contributed by atoms with Gasteiger partial charge in [0.15, 0.2) is 0 Å². The highest BCUT2D eigenvalue weighted by Crippen LogP contribution is 2.33. The molecule has 0 bridgehead atoms. The van der Waals surface area contributed by atoms with Crippen LogP contribution in [-0.4, -0.2) is 31.1 Å². The molecule has 1 atom stereocenters. The molecule has 1 heterocycles. The van der Waals surface area contributed by atoms with Gasteiger partial charge >= 0.3 is 0 Å². The van der Waals surface area contributed by atoms with Gasteiger partial charge in [0.1, 0.15) is 0 Å². The number of aryl methyl sites for hydroxylation is 1. The monoisotopic (exact) mass is 440 g/mol. The van der Waals surface area contributed by atoms with E-state index in [0.29, 0.717) is 11.1 Å². The van der Waals surface area contributed by atoms with Gasteiger partial charge < -0.3 is 4.90 Å². The molecule has 1 saturated heterocycles. The van der Waals surface area contributed by atoms with Gasteiger partial charge in [-0.2, -0.15) is 10.5 Å². The summed E-state index contributed by atoms with van der Waals surface area (Å²) in [6, 6.07) is 26.6. The maximum absolute atomic E-state index is 9.24. The topological polar surface area (TPSA) is 54.1 Å². The lowest BCUT2D eigenvalue weighted by Crippen LogP contribution is -2.49. The molecule has 0 saturated carbocycles. The average Bonchev–Trinajstić information content (AvgIpc) is 2.83. The van der Waals surface area contributed by atoms with Gasteiger partial charge in [-0.3, -0.25) is 4.90 Å². The van der Waals surface area contributed by atoms with Crippen molar-refractivity contribution < 1.29 is 0 Å². The van der Waals surface area contributed by atoms with E-state index in [0.717, 1.165) is 43.2 Å². The number of hydrogen-bond acceptors (Lipinski definition) is 4. The number of halogens is 1. The molecule has 0 N–H and O–H groups in total. The van der Waals surface area contributed by atoms with Crippen LogP contribution in [0.1, 0.15) is 33.9 Å². The third kappa shape index (κ3) is 4.94. The molecule has 4 nitrogen and oxygen atoms in total. The van der Waals surface area contributed by atoms with Crippen molar-refractivity contribution >= 4 is 17.3 Å². The molecule has 4 rings (SSSR count). The van der Waals surface area contributed by atoms with E-state index in [1.54, 1.807) is 0 Å². The Morgan fingerprint density at radius 2 is 1.59 bits per heavy atom. The molecule has 0 spiro atoms. The molecule has 0 aliphatic carbocycles. The highest BCUT2D eigenvalue weighted by Gasteiger charge is 2.29. The van der Waals surface area contributed by atoms with Crippen molar-refractivity contribution in [1.82, 2.24) is 4.90 Å². The molecule has 32 heavy (non-hydrogen) atoms. The van der Waals surface area contributed by atoms with Gasteiger partial charge in [0.25, 0.3) is 0 Å². The number of benzene rings is 3. The highest BCUT2D eigenvalue weighted by atomic mass is 35.5. The number of piperazine rings is 1. The van der Waals surface area contributed by atoms with Gasteiger partial charge in [0.2, 0.25) is 0 Å². The third-order valence-electron chi connectivity index (χ3n) is 6.15. The summed E-state index contributed by atoms with van der Waals surface area (Å²) >= 11 is 6.16. The van der Waals surface area contributed by atoms with Gasteiger partial charge in [-0.15, -0.1) is 0 Å². The van der Waals surface area contributed by atoms with Crippen molar-refractivity contribution in [3.63, 3.8) is 0 Å². The molecule has 1 fully saturated rings. The van der Waals surface area contributed by atoms with Gasteiger partial charge in [0, 0.05) is 36.9 Å². The molecule has 0 aromatic heterocycles. The molecular weight excluding hydrogens is 416 g/mol. The second kappa shape index (κ2) is 9.88. The van der Waals surface area contributed by atoms with Crippen LogP contribution in [0.25, 0.3) is 0 Å². The summed E-state index contributed by atoms with van der Waals surface area (Å²) in [5.41, 5.74) is 6.17. The maximum Gasteiger partial charge on any atom is 0.0991 e. The minimum Gasteiger partial charge on any atom is -0.362 e. The summed E-state index contributed by atoms with van der Waals surface area (Å²) < 4.78 is 0. The van der Waals surface area contributed by atoms with E-state index >= 15 is 0 Å². The molecule has 0 unspecified atom stereocenters. The number of anilines is 1. The maximum atomic E-state index is 9.24. The molecular formula is C27H25ClN4. The lowest BCUT2D eigenvalue weighted by Gasteiger charge is -2.44. The molecule has 160 valence electrons. The second-order valence-electron chi connectivity index (χ2n) is 8.23. The second-order valence-corrected chi connectivity index (χ2v) is 8.67. The van der Waals surface area contributed by atoms with Crippen LogP contribution in [0.2, 0.25) is 5.02 Å². The predicted octanol–water partition coefficient (Wildman–Crippen LogP) is 5.50. The SMILES string of the molecule is Cc1cc(C#N)ccc1N1CCN(CCc2ccc(C#N)cc2)C[C@H]1c1ccc(Cl)cc1. The van der Waals surface area contributed by atoms with Crippen LogP contribution in [0, 0.1) is 29.6 Å². The number of nitriles is 2. The van der Waals surface area contributed by atoms with Crippen molar-refractivity contribution in [1.29, 1.82) is 10.5 Å². The molecule has 3 aromatic carbocycles. The molecule has 0 radical (unpaired) electrons. The lowest BCUT2D eigenvalue weighted by atomic mass is 9.99. The Hall–Kier alpha value is -3.31. The molecule has 1 aliphatic rings. The van der Waals surface area contributed by atoms with E-state index in [4.69, 9.17) is 16.9 Å². The highest BCUT2D eigenvalue weighted by molar-refractivity contribution is 6.30. The fourth-order valence-corrected chi connectivity index (χ4v) is 4.51. The van der Waals surface area contributed by atoms with Crippen molar-refractivity contribution in [2.45, 2.75) is 19.4 Å². The molecule has 3 aromatic rings. The van der Waals surface area contributed by atoms with Crippen molar-refractivity contribution in [3.8, 4) is 12.1 Å². The van der Waals surface area contributed by atoms with Crippen LogP contribution in [0.4, 0.5) is 5.69 Å². The van der Waals surface area contributed by atoms with E-state index in [1.165, 1.54) is 16.8 Å². The average molecular weight is 441 g/mol. The van der Waals surface area contributed by atoms with Crippen LogP contribution in [0.3, 0.4) is 0 Å². The van der Waals surface area contributed by atoms with E-state index in [1.807, 2.05) is 48.5 Å². The zero-order chi connectivity index (χ0) is 22.5. The summed E-state index contributed by atoms with van der Waals surface area (Å²) in [7, 11) is 0. The first kappa shape index (κ1) is 21.9. The van der Waals surface area contributed by atoms with Gasteiger partial charge in [-0.05, 0) is 72.5 Å². The summed E-state index contributed by atoms with van der Waals surface area (Å²) in [5.74, 6) is 0. The smallest absolute Gasteiger partial charge is 0.0991 e. The Kier molecular flexibility index (Phi) is 6.76. The Labute approximate surface area is 194 Å². The Bertz CT molecular complexity index is 1160. The minimum absolute atomic E-state index is 0.202. The third-order valence-corrected chi connectivity index (χ3v) is 6.41. The largest absolute Gasteiger partial charge is 0.362 e. The van der Waals surface area contributed by atoms with Crippen LogP contribution in [0.15, 0.2) is 66.7 Å². The quantitative estimate of drug-likeness (QED) is 0.525. The lowest BCUT2D eigenvalue weighted by molar-refractivity contribution is 0.226. The van der Waals surface area contributed by atoms with Gasteiger partial charge in [-0.25, -0.2) is 0 Å². The summed E-state index contributed by atoms with van der Waals surface area (Å²) in [4.78, 5) is 4.96. The minimum atomic E-state index is 0.202. The Morgan fingerprint density at radius 1 is 0.906 bits per heavy atom. The van der Waals surface area contributed by atoms with E-state index in [-0.39, 0.29) is 6.04 Å². The normalized spacial score (nSPS) is 16.4. The summed E-state index contributed by atoms with van der Waals surface area (Å²) in [5, 5.41) is 19.0. The standard InChI is InChI=1S/C27H25ClN4/c1-20-16-23(18-30)6-11-26(20)32-15-14-31(13-12-21-2-4-22(17-29)5-3-21)19-27(32)24-7-9-25(28)10-8-24/h2-11,16,27H,12-15,19H2,1H3/t27-/m0/s1. The zero-order valence-corrected chi connectivity index (χ0v) is 18.9. The summed E-state index contributed by atoms with van der Waals surface area (Å²) in [6.45, 7) is 5.84. The van der Waals surface area contributed by atoms with Gasteiger partial charge in [0.05, 0.1) is 29.3 Å². The van der Waals surface area contributed by atoms with Crippen LogP contribution < -0.4 is 4.90 Å².